The Bertz CT molecular complexity index is 360. The maximum absolute atomic E-state index is 7.51. The molecule has 1 aliphatic rings. The highest BCUT2D eigenvalue weighted by Gasteiger charge is 2.57. The number of hydrogen-bond acceptors (Lipinski definition) is 2. The van der Waals surface area contributed by atoms with E-state index in [4.69, 9.17) is 27.2 Å². The van der Waals surface area contributed by atoms with Gasteiger partial charge in [0.05, 0.1) is 5.41 Å². The Balaban J connectivity index is 2.39. The molecule has 4 heteroatoms. The maximum Gasteiger partial charge on any atom is 0.193 e. The second kappa shape index (κ2) is 2.51. The molecule has 2 atom stereocenters. The van der Waals surface area contributed by atoms with Crippen LogP contribution in [0.2, 0.25) is 5.22 Å². The molecule has 0 aliphatic heterocycles. The van der Waals surface area contributed by atoms with Crippen molar-refractivity contribution in [3.05, 3.63) is 23.1 Å². The van der Waals surface area contributed by atoms with E-state index in [0.29, 0.717) is 11.1 Å². The predicted octanol–water partition coefficient (Wildman–Crippen LogP) is 2.15. The van der Waals surface area contributed by atoms with Gasteiger partial charge in [-0.3, -0.25) is 5.41 Å². The summed E-state index contributed by atoms with van der Waals surface area (Å²) in [5.74, 6) is 1.27. The SMILES string of the molecule is CC1CC1(C(=N)N)c1ccc(Cl)o1. The Hall–Kier alpha value is -0.960. The Morgan fingerprint density at radius 3 is 2.69 bits per heavy atom. The van der Waals surface area contributed by atoms with Crippen LogP contribution in [0.3, 0.4) is 0 Å². The van der Waals surface area contributed by atoms with E-state index in [-0.39, 0.29) is 11.3 Å². The first-order valence-electron chi connectivity index (χ1n) is 4.17. The quantitative estimate of drug-likeness (QED) is 0.565. The molecule has 1 saturated carbocycles. The lowest BCUT2D eigenvalue weighted by Gasteiger charge is -2.10. The Morgan fingerprint density at radius 2 is 2.38 bits per heavy atom. The minimum absolute atomic E-state index is 0.172. The molecular formula is C9H11ClN2O. The Morgan fingerprint density at radius 1 is 1.77 bits per heavy atom. The van der Waals surface area contributed by atoms with E-state index < -0.39 is 0 Å². The van der Waals surface area contributed by atoms with Crippen molar-refractivity contribution in [2.45, 2.75) is 18.8 Å². The lowest BCUT2D eigenvalue weighted by Crippen LogP contribution is -2.28. The van der Waals surface area contributed by atoms with Gasteiger partial charge in [-0.25, -0.2) is 0 Å². The van der Waals surface area contributed by atoms with Gasteiger partial charge in [-0.05, 0) is 36.1 Å². The van der Waals surface area contributed by atoms with Crippen molar-refractivity contribution in [2.24, 2.45) is 11.7 Å². The van der Waals surface area contributed by atoms with Gasteiger partial charge in [0.25, 0.3) is 0 Å². The van der Waals surface area contributed by atoms with E-state index >= 15 is 0 Å². The molecule has 0 radical (unpaired) electrons. The molecule has 3 N–H and O–H groups in total. The number of amidine groups is 1. The minimum atomic E-state index is -0.368. The second-order valence-corrected chi connectivity index (χ2v) is 3.97. The number of halogens is 1. The number of rotatable bonds is 2. The molecular weight excluding hydrogens is 188 g/mol. The topological polar surface area (TPSA) is 63.0 Å². The van der Waals surface area contributed by atoms with Crippen molar-refractivity contribution in [2.75, 3.05) is 0 Å². The second-order valence-electron chi connectivity index (χ2n) is 3.59. The number of nitrogens with two attached hydrogens (primary N) is 1. The summed E-state index contributed by atoms with van der Waals surface area (Å²) in [6.45, 7) is 2.05. The van der Waals surface area contributed by atoms with Crippen LogP contribution >= 0.6 is 11.6 Å². The molecule has 1 aliphatic carbocycles. The monoisotopic (exact) mass is 198 g/mol. The summed E-state index contributed by atoms with van der Waals surface area (Å²) in [7, 11) is 0. The molecule has 1 aromatic heterocycles. The molecule has 1 fully saturated rings. The van der Waals surface area contributed by atoms with Gasteiger partial charge in [-0.1, -0.05) is 6.92 Å². The third-order valence-electron chi connectivity index (χ3n) is 2.80. The molecule has 0 bridgehead atoms. The predicted molar refractivity (Wildman–Crippen MR) is 51.1 cm³/mol. The largest absolute Gasteiger partial charge is 0.449 e. The zero-order valence-corrected chi connectivity index (χ0v) is 8.06. The Kier molecular flexibility index (Phi) is 1.67. The molecule has 0 amide bonds. The molecule has 2 rings (SSSR count). The van der Waals surface area contributed by atoms with Crippen molar-refractivity contribution in [3.8, 4) is 0 Å². The van der Waals surface area contributed by atoms with Gasteiger partial charge in [0, 0.05) is 0 Å². The van der Waals surface area contributed by atoms with E-state index in [1.807, 2.05) is 0 Å². The van der Waals surface area contributed by atoms with E-state index in [1.165, 1.54) is 0 Å². The van der Waals surface area contributed by atoms with Gasteiger partial charge in [-0.2, -0.15) is 0 Å². The standard InChI is InChI=1S/C9H11ClN2O/c1-5-4-9(5,8(11)12)6-2-3-7(10)13-6/h2-3,5H,4H2,1H3,(H3,11,12). The first-order valence-corrected chi connectivity index (χ1v) is 4.55. The van der Waals surface area contributed by atoms with Crippen LogP contribution < -0.4 is 5.73 Å². The average Bonchev–Trinajstić information content (AvgIpc) is 2.53. The first kappa shape index (κ1) is 8.63. The summed E-state index contributed by atoms with van der Waals surface area (Å²) < 4.78 is 5.29. The van der Waals surface area contributed by atoms with Gasteiger partial charge in [0.1, 0.15) is 11.6 Å². The van der Waals surface area contributed by atoms with E-state index in [9.17, 15) is 0 Å². The summed E-state index contributed by atoms with van der Waals surface area (Å²) >= 11 is 5.67. The third-order valence-corrected chi connectivity index (χ3v) is 3.01. The van der Waals surface area contributed by atoms with E-state index in [1.54, 1.807) is 12.1 Å². The molecule has 1 heterocycles. The van der Waals surface area contributed by atoms with Crippen LogP contribution in [0.5, 0.6) is 0 Å². The average molecular weight is 199 g/mol. The fourth-order valence-corrected chi connectivity index (χ4v) is 1.98. The fraction of sp³-hybridized carbons (Fsp3) is 0.444. The smallest absolute Gasteiger partial charge is 0.193 e. The summed E-state index contributed by atoms with van der Waals surface area (Å²) in [4.78, 5) is 0. The van der Waals surface area contributed by atoms with Crippen molar-refractivity contribution in [3.63, 3.8) is 0 Å². The van der Waals surface area contributed by atoms with Crippen LogP contribution in [0, 0.1) is 11.3 Å². The van der Waals surface area contributed by atoms with Crippen molar-refractivity contribution in [1.29, 1.82) is 5.41 Å². The zero-order chi connectivity index (χ0) is 9.64. The van der Waals surface area contributed by atoms with Crippen molar-refractivity contribution >= 4 is 17.4 Å². The van der Waals surface area contributed by atoms with Crippen LogP contribution in [-0.2, 0) is 5.41 Å². The van der Waals surface area contributed by atoms with Gasteiger partial charge >= 0.3 is 0 Å². The summed E-state index contributed by atoms with van der Waals surface area (Å²) in [5, 5.41) is 7.87. The Labute approximate surface area is 81.4 Å². The minimum Gasteiger partial charge on any atom is -0.449 e. The van der Waals surface area contributed by atoms with Crippen LogP contribution in [0.15, 0.2) is 16.5 Å². The van der Waals surface area contributed by atoms with E-state index in [2.05, 4.69) is 6.92 Å². The molecule has 3 nitrogen and oxygen atoms in total. The van der Waals surface area contributed by atoms with Crippen LogP contribution in [-0.4, -0.2) is 5.84 Å². The molecule has 0 saturated heterocycles. The number of hydrogen-bond donors (Lipinski definition) is 2. The van der Waals surface area contributed by atoms with Crippen molar-refractivity contribution in [1.82, 2.24) is 0 Å². The highest BCUT2D eigenvalue weighted by Crippen LogP contribution is 2.54. The summed E-state index contributed by atoms with van der Waals surface area (Å²) in [6, 6.07) is 3.49. The summed E-state index contributed by atoms with van der Waals surface area (Å²) in [5.41, 5.74) is 5.18. The molecule has 13 heavy (non-hydrogen) atoms. The maximum atomic E-state index is 7.51. The summed E-state index contributed by atoms with van der Waals surface area (Å²) in [6.07, 6.45) is 0.881. The number of furan rings is 1. The fourth-order valence-electron chi connectivity index (χ4n) is 1.83. The molecule has 0 spiro atoms. The van der Waals surface area contributed by atoms with Gasteiger partial charge in [0.15, 0.2) is 5.22 Å². The van der Waals surface area contributed by atoms with Gasteiger partial charge in [-0.15, -0.1) is 0 Å². The van der Waals surface area contributed by atoms with Gasteiger partial charge in [0.2, 0.25) is 0 Å². The third kappa shape index (κ3) is 1.07. The highest BCUT2D eigenvalue weighted by atomic mass is 35.5. The van der Waals surface area contributed by atoms with Crippen LogP contribution in [0.1, 0.15) is 19.1 Å². The van der Waals surface area contributed by atoms with Gasteiger partial charge < -0.3 is 10.2 Å². The lowest BCUT2D eigenvalue weighted by atomic mass is 10.00. The first-order chi connectivity index (χ1) is 6.07. The molecule has 2 unspecified atom stereocenters. The van der Waals surface area contributed by atoms with Crippen molar-refractivity contribution < 1.29 is 4.42 Å². The van der Waals surface area contributed by atoms with E-state index in [0.717, 1.165) is 12.2 Å². The lowest BCUT2D eigenvalue weighted by molar-refractivity contribution is 0.483. The molecule has 1 aromatic rings. The zero-order valence-electron chi connectivity index (χ0n) is 7.30. The highest BCUT2D eigenvalue weighted by molar-refractivity contribution is 6.28. The van der Waals surface area contributed by atoms with Crippen LogP contribution in [0.25, 0.3) is 0 Å². The molecule has 0 aromatic carbocycles. The normalized spacial score (nSPS) is 31.7. The number of nitrogens with one attached hydrogen (secondary N) is 1. The van der Waals surface area contributed by atoms with Crippen LogP contribution in [0.4, 0.5) is 0 Å². The molecule has 70 valence electrons.